The zero-order valence-corrected chi connectivity index (χ0v) is 15.7. The molecule has 0 spiro atoms. The van der Waals surface area contributed by atoms with Crippen LogP contribution in [-0.4, -0.2) is 34.3 Å². The fraction of sp³-hybridized carbons (Fsp3) is 0.421. The van der Waals surface area contributed by atoms with Crippen LogP contribution in [0.5, 0.6) is 0 Å². The van der Waals surface area contributed by atoms with Gasteiger partial charge in [-0.15, -0.1) is 0 Å². The molecule has 8 heteroatoms. The second kappa shape index (κ2) is 8.68. The Morgan fingerprint density at radius 3 is 2.85 bits per heavy atom. The summed E-state index contributed by atoms with van der Waals surface area (Å²) < 4.78 is 1.59. The number of hydrogen-bond donors (Lipinski definition) is 4. The number of aryl methyl sites for hydroxylation is 2. The molecule has 1 fully saturated rings. The van der Waals surface area contributed by atoms with E-state index in [0.29, 0.717) is 18.8 Å². The van der Waals surface area contributed by atoms with E-state index in [4.69, 9.17) is 0 Å². The van der Waals surface area contributed by atoms with Crippen molar-refractivity contribution in [2.75, 3.05) is 11.9 Å². The molecule has 1 aliphatic heterocycles. The lowest BCUT2D eigenvalue weighted by atomic mass is 10.1. The molecule has 27 heavy (non-hydrogen) atoms. The van der Waals surface area contributed by atoms with Gasteiger partial charge in [0.2, 0.25) is 5.91 Å². The smallest absolute Gasteiger partial charge is 0.320 e. The third-order valence-electron chi connectivity index (χ3n) is 4.35. The molecule has 0 radical (unpaired) electrons. The van der Waals surface area contributed by atoms with Crippen LogP contribution in [0.15, 0.2) is 36.4 Å². The second-order valence-electron chi connectivity index (χ2n) is 6.83. The van der Waals surface area contributed by atoms with E-state index in [2.05, 4.69) is 38.5 Å². The van der Waals surface area contributed by atoms with Gasteiger partial charge in [-0.1, -0.05) is 30.3 Å². The summed E-state index contributed by atoms with van der Waals surface area (Å²) >= 11 is 0. The van der Waals surface area contributed by atoms with Gasteiger partial charge >= 0.3 is 6.03 Å². The van der Waals surface area contributed by atoms with Gasteiger partial charge in [0.05, 0.1) is 5.69 Å². The number of carbonyl (C=O) groups excluding carboxylic acids is 2. The van der Waals surface area contributed by atoms with Crippen molar-refractivity contribution in [2.45, 2.75) is 45.4 Å². The lowest BCUT2D eigenvalue weighted by Gasteiger charge is -2.30. The van der Waals surface area contributed by atoms with Crippen LogP contribution >= 0.6 is 0 Å². The van der Waals surface area contributed by atoms with Crippen molar-refractivity contribution in [3.05, 3.63) is 47.7 Å². The molecule has 8 nitrogen and oxygen atoms in total. The van der Waals surface area contributed by atoms with E-state index in [0.717, 1.165) is 18.5 Å². The number of anilines is 1. The predicted molar refractivity (Wildman–Crippen MR) is 103 cm³/mol. The molecule has 2 aromatic rings. The summed E-state index contributed by atoms with van der Waals surface area (Å²) in [6.45, 7) is 4.35. The molecular formula is C19H26N6O2. The Labute approximate surface area is 158 Å². The number of amides is 3. The number of rotatable bonds is 6. The molecule has 1 saturated heterocycles. The average molecular weight is 370 g/mol. The molecule has 0 aliphatic carbocycles. The van der Waals surface area contributed by atoms with Crippen molar-refractivity contribution in [2.24, 2.45) is 0 Å². The van der Waals surface area contributed by atoms with E-state index in [1.54, 1.807) is 10.7 Å². The number of aromatic nitrogens is 2. The van der Waals surface area contributed by atoms with E-state index >= 15 is 0 Å². The molecular weight excluding hydrogens is 344 g/mol. The first-order valence-electron chi connectivity index (χ1n) is 9.21. The van der Waals surface area contributed by atoms with Gasteiger partial charge in [-0.05, 0) is 32.3 Å². The molecule has 2 heterocycles. The van der Waals surface area contributed by atoms with Crippen LogP contribution in [0.1, 0.15) is 37.3 Å². The first kappa shape index (κ1) is 18.9. The van der Waals surface area contributed by atoms with E-state index in [9.17, 15) is 9.59 Å². The topological polar surface area (TPSA) is 100 Å². The molecule has 1 aromatic carbocycles. The predicted octanol–water partition coefficient (Wildman–Crippen LogP) is 1.90. The van der Waals surface area contributed by atoms with Gasteiger partial charge in [0.25, 0.3) is 0 Å². The van der Waals surface area contributed by atoms with Crippen molar-refractivity contribution in [3.8, 4) is 0 Å². The summed E-state index contributed by atoms with van der Waals surface area (Å²) in [5, 5.41) is 16.2. The number of benzene rings is 1. The number of hydrogen-bond acceptors (Lipinski definition) is 4. The summed E-state index contributed by atoms with van der Waals surface area (Å²) in [7, 11) is 0. The van der Waals surface area contributed by atoms with Crippen molar-refractivity contribution in [1.29, 1.82) is 0 Å². The van der Waals surface area contributed by atoms with Crippen molar-refractivity contribution < 1.29 is 9.59 Å². The zero-order chi connectivity index (χ0) is 19.2. The SMILES string of the molecule is Cc1cc(NC(=O)NCCCc2ccccc2)n(C2NC(=O)CC(C)N2)n1. The van der Waals surface area contributed by atoms with Gasteiger partial charge < -0.3 is 10.6 Å². The van der Waals surface area contributed by atoms with E-state index in [-0.39, 0.29) is 18.0 Å². The van der Waals surface area contributed by atoms with E-state index in [1.807, 2.05) is 32.0 Å². The van der Waals surface area contributed by atoms with Gasteiger partial charge in [-0.25, -0.2) is 9.48 Å². The van der Waals surface area contributed by atoms with Crippen LogP contribution in [0.2, 0.25) is 0 Å². The molecule has 4 N–H and O–H groups in total. The third-order valence-corrected chi connectivity index (χ3v) is 4.35. The first-order valence-corrected chi connectivity index (χ1v) is 9.21. The van der Waals surface area contributed by atoms with Crippen molar-refractivity contribution in [3.63, 3.8) is 0 Å². The quantitative estimate of drug-likeness (QED) is 0.584. The second-order valence-corrected chi connectivity index (χ2v) is 6.83. The van der Waals surface area contributed by atoms with Gasteiger partial charge in [0.1, 0.15) is 5.82 Å². The van der Waals surface area contributed by atoms with E-state index in [1.165, 1.54) is 5.56 Å². The highest BCUT2D eigenvalue weighted by Gasteiger charge is 2.26. The number of carbonyl (C=O) groups is 2. The highest BCUT2D eigenvalue weighted by molar-refractivity contribution is 5.88. The molecule has 2 unspecified atom stereocenters. The summed E-state index contributed by atoms with van der Waals surface area (Å²) in [5.41, 5.74) is 2.00. The molecule has 3 rings (SSSR count). The monoisotopic (exact) mass is 370 g/mol. The summed E-state index contributed by atoms with van der Waals surface area (Å²) in [6, 6.07) is 11.7. The maximum absolute atomic E-state index is 12.2. The minimum absolute atomic E-state index is 0.0351. The van der Waals surface area contributed by atoms with Crippen LogP contribution in [0.3, 0.4) is 0 Å². The normalized spacial score (nSPS) is 19.4. The molecule has 2 atom stereocenters. The lowest BCUT2D eigenvalue weighted by molar-refractivity contribution is -0.125. The maximum Gasteiger partial charge on any atom is 0.320 e. The Balaban J connectivity index is 1.52. The Hall–Kier alpha value is -2.87. The summed E-state index contributed by atoms with van der Waals surface area (Å²) in [5.74, 6) is 0.482. The molecule has 144 valence electrons. The fourth-order valence-corrected chi connectivity index (χ4v) is 3.10. The molecule has 0 saturated carbocycles. The Kier molecular flexibility index (Phi) is 6.08. The summed E-state index contributed by atoms with van der Waals surface area (Å²) in [6.07, 6.45) is 1.70. The molecule has 3 amide bonds. The summed E-state index contributed by atoms with van der Waals surface area (Å²) in [4.78, 5) is 24.0. The van der Waals surface area contributed by atoms with Crippen LogP contribution in [0.25, 0.3) is 0 Å². The molecule has 1 aromatic heterocycles. The Morgan fingerprint density at radius 1 is 1.33 bits per heavy atom. The van der Waals surface area contributed by atoms with Crippen LogP contribution in [0.4, 0.5) is 10.6 Å². The minimum atomic E-state index is -0.483. The van der Waals surface area contributed by atoms with Gasteiger partial charge in [-0.3, -0.25) is 15.4 Å². The van der Waals surface area contributed by atoms with E-state index < -0.39 is 6.29 Å². The van der Waals surface area contributed by atoms with Gasteiger partial charge in [0, 0.05) is 25.1 Å². The Bertz CT molecular complexity index is 789. The highest BCUT2D eigenvalue weighted by Crippen LogP contribution is 2.17. The van der Waals surface area contributed by atoms with Crippen LogP contribution in [-0.2, 0) is 11.2 Å². The fourth-order valence-electron chi connectivity index (χ4n) is 3.10. The van der Waals surface area contributed by atoms with Crippen LogP contribution in [0, 0.1) is 6.92 Å². The van der Waals surface area contributed by atoms with Gasteiger partial charge in [0.15, 0.2) is 6.29 Å². The number of nitrogens with one attached hydrogen (secondary N) is 4. The largest absolute Gasteiger partial charge is 0.338 e. The number of nitrogens with zero attached hydrogens (tertiary/aromatic N) is 2. The molecule has 1 aliphatic rings. The Morgan fingerprint density at radius 2 is 2.11 bits per heavy atom. The minimum Gasteiger partial charge on any atom is -0.338 e. The average Bonchev–Trinajstić information content (AvgIpc) is 2.99. The standard InChI is InChI=1S/C19H26N6O2/c1-13-12-17(26)23-18(21-13)25-16(11-14(2)24-25)22-19(27)20-10-6-9-15-7-4-3-5-8-15/h3-5,7-8,11,13,18,21H,6,9-10,12H2,1-2H3,(H,23,26)(H2,20,22,27). The van der Waals surface area contributed by atoms with Crippen molar-refractivity contribution >= 4 is 17.8 Å². The first-order chi connectivity index (χ1) is 13.0. The van der Waals surface area contributed by atoms with Gasteiger partial charge in [-0.2, -0.15) is 5.10 Å². The van der Waals surface area contributed by atoms with Crippen LogP contribution < -0.4 is 21.3 Å². The van der Waals surface area contributed by atoms with Crippen molar-refractivity contribution in [1.82, 2.24) is 25.7 Å². The lowest BCUT2D eigenvalue weighted by Crippen LogP contribution is -2.52. The third kappa shape index (κ3) is 5.30. The maximum atomic E-state index is 12.2. The number of urea groups is 1. The highest BCUT2D eigenvalue weighted by atomic mass is 16.2. The molecule has 0 bridgehead atoms. The zero-order valence-electron chi connectivity index (χ0n) is 15.7.